The van der Waals surface area contributed by atoms with E-state index in [4.69, 9.17) is 28.8 Å². The van der Waals surface area contributed by atoms with Crippen LogP contribution in [0, 0.1) is 0 Å². The molecule has 0 N–H and O–H groups in total. The van der Waals surface area contributed by atoms with Gasteiger partial charge in [0.15, 0.2) is 23.1 Å². The molecule has 0 aliphatic carbocycles. The van der Waals surface area contributed by atoms with Gasteiger partial charge in [-0.05, 0) is 70.1 Å². The Bertz CT molecular complexity index is 3500. The second-order valence-corrected chi connectivity index (χ2v) is 14.9. The van der Waals surface area contributed by atoms with Crippen LogP contribution in [0.2, 0.25) is 0 Å². The fourth-order valence-corrected chi connectivity index (χ4v) is 9.09. The van der Waals surface area contributed by atoms with Crippen LogP contribution in [0.25, 0.3) is 120 Å². The van der Waals surface area contributed by atoms with E-state index in [0.29, 0.717) is 28.9 Å². The highest BCUT2D eigenvalue weighted by Gasteiger charge is 2.20. The van der Waals surface area contributed by atoms with Crippen LogP contribution in [0.4, 0.5) is 0 Å². The Morgan fingerprint density at radius 2 is 1.11 bits per heavy atom. The molecular weight excluding hydrogens is 697 g/mol. The molecule has 0 saturated heterocycles. The first kappa shape index (κ1) is 30.3. The summed E-state index contributed by atoms with van der Waals surface area (Å²) in [4.78, 5) is 20.4. The van der Waals surface area contributed by atoms with E-state index in [9.17, 15) is 0 Å². The molecule has 256 valence electrons. The number of thiophene rings is 1. The summed E-state index contributed by atoms with van der Waals surface area (Å²) in [6.45, 7) is 0. The number of fused-ring (bicyclic) bond motifs is 10. The van der Waals surface area contributed by atoms with Crippen LogP contribution in [0.1, 0.15) is 0 Å². The highest BCUT2D eigenvalue weighted by atomic mass is 32.1. The molecule has 55 heavy (non-hydrogen) atoms. The van der Waals surface area contributed by atoms with E-state index >= 15 is 0 Å². The van der Waals surface area contributed by atoms with Crippen LogP contribution in [0.15, 0.2) is 167 Å². The van der Waals surface area contributed by atoms with Gasteiger partial charge in [0.1, 0.15) is 16.7 Å². The average Bonchev–Trinajstić information content (AvgIpc) is 3.95. The van der Waals surface area contributed by atoms with Gasteiger partial charge in [-0.2, -0.15) is 0 Å². The van der Waals surface area contributed by atoms with Crippen molar-refractivity contribution in [3.8, 4) is 45.6 Å². The fraction of sp³-hybridized carbons (Fsp3) is 0. The zero-order chi connectivity index (χ0) is 36.0. The molecule has 4 heterocycles. The summed E-state index contributed by atoms with van der Waals surface area (Å²) in [7, 11) is 0. The Balaban J connectivity index is 1.08. The number of benzene rings is 8. The van der Waals surface area contributed by atoms with E-state index in [1.807, 2.05) is 42.5 Å². The molecule has 0 aliphatic rings. The molecule has 0 saturated carbocycles. The topological polar surface area (TPSA) is 77.8 Å². The zero-order valence-electron chi connectivity index (χ0n) is 29.0. The van der Waals surface area contributed by atoms with Crippen molar-refractivity contribution < 1.29 is 8.83 Å². The molecule has 7 heteroatoms. The predicted octanol–water partition coefficient (Wildman–Crippen LogP) is 13.3. The molecule has 12 aromatic rings. The minimum absolute atomic E-state index is 0.583. The maximum absolute atomic E-state index is 6.53. The molecule has 0 fully saturated rings. The molecule has 12 rings (SSSR count). The summed E-state index contributed by atoms with van der Waals surface area (Å²) in [6, 6.07) is 54.2. The van der Waals surface area contributed by atoms with E-state index in [2.05, 4.69) is 115 Å². The third-order valence-corrected chi connectivity index (χ3v) is 11.7. The highest BCUT2D eigenvalue weighted by Crippen LogP contribution is 2.41. The van der Waals surface area contributed by atoms with Crippen molar-refractivity contribution in [2.24, 2.45) is 0 Å². The van der Waals surface area contributed by atoms with Crippen LogP contribution >= 0.6 is 11.3 Å². The summed E-state index contributed by atoms with van der Waals surface area (Å²) < 4.78 is 15.4. The van der Waals surface area contributed by atoms with Crippen LogP contribution in [0.3, 0.4) is 0 Å². The number of hydrogen-bond acceptors (Lipinski definition) is 7. The standard InChI is InChI=1S/C48H26N4O2S/c1-2-11-28(12-3-1)48-49-38-22-23-39-43(44(38)54-48)37-24-29-14-9-18-35(36(29)26-40(37)53-39)47-51-45(30-20-21-33-32-16-6-7-19-41(32)55-42(33)25-30)50-46(52-47)34-17-8-13-27-10-4-5-15-31(27)34/h1-26H. The number of oxazole rings is 1. The first-order valence-electron chi connectivity index (χ1n) is 18.1. The molecule has 0 bridgehead atoms. The normalized spacial score (nSPS) is 12.0. The SMILES string of the molecule is c1ccc(-c2nc3ccc4oc5cc6c(-c7nc(-c8ccc9c(c8)sc8ccccc89)nc(-c8cccc9ccccc89)n7)cccc6cc5c4c3o2)cc1. The largest absolute Gasteiger partial charge is 0.456 e. The quantitative estimate of drug-likeness (QED) is 0.180. The molecule has 0 aliphatic heterocycles. The molecule has 6 nitrogen and oxygen atoms in total. The maximum Gasteiger partial charge on any atom is 0.227 e. The van der Waals surface area contributed by atoms with Crippen molar-refractivity contribution >= 4 is 86.1 Å². The van der Waals surface area contributed by atoms with Gasteiger partial charge >= 0.3 is 0 Å². The van der Waals surface area contributed by atoms with Crippen molar-refractivity contribution in [2.45, 2.75) is 0 Å². The first-order chi connectivity index (χ1) is 27.2. The third-order valence-electron chi connectivity index (χ3n) is 10.6. The first-order valence-corrected chi connectivity index (χ1v) is 18.9. The molecular formula is C48H26N4O2S. The van der Waals surface area contributed by atoms with E-state index in [-0.39, 0.29) is 0 Å². The van der Waals surface area contributed by atoms with Gasteiger partial charge in [-0.1, -0.05) is 109 Å². The van der Waals surface area contributed by atoms with Gasteiger partial charge in [-0.25, -0.2) is 19.9 Å². The molecule has 0 radical (unpaired) electrons. The van der Waals surface area contributed by atoms with Gasteiger partial charge in [-0.15, -0.1) is 11.3 Å². The molecule has 0 atom stereocenters. The van der Waals surface area contributed by atoms with Crippen LogP contribution < -0.4 is 0 Å². The lowest BCUT2D eigenvalue weighted by molar-refractivity contribution is 0.622. The van der Waals surface area contributed by atoms with Crippen molar-refractivity contribution in [3.63, 3.8) is 0 Å². The monoisotopic (exact) mass is 722 g/mol. The highest BCUT2D eigenvalue weighted by molar-refractivity contribution is 7.25. The number of rotatable bonds is 4. The average molecular weight is 723 g/mol. The summed E-state index contributed by atoms with van der Waals surface area (Å²) in [5.41, 5.74) is 6.71. The minimum atomic E-state index is 0.583. The Hall–Kier alpha value is -7.22. The Morgan fingerprint density at radius 3 is 1.98 bits per heavy atom. The molecule has 8 aromatic carbocycles. The van der Waals surface area contributed by atoms with Crippen molar-refractivity contribution in [1.82, 2.24) is 19.9 Å². The zero-order valence-corrected chi connectivity index (χ0v) is 29.8. The molecule has 0 spiro atoms. The third kappa shape index (κ3) is 4.73. The number of aromatic nitrogens is 4. The summed E-state index contributed by atoms with van der Waals surface area (Å²) in [5.74, 6) is 2.42. The predicted molar refractivity (Wildman–Crippen MR) is 224 cm³/mol. The smallest absolute Gasteiger partial charge is 0.227 e. The van der Waals surface area contributed by atoms with E-state index in [0.717, 1.165) is 71.3 Å². The van der Waals surface area contributed by atoms with E-state index in [1.54, 1.807) is 11.3 Å². The maximum atomic E-state index is 6.53. The van der Waals surface area contributed by atoms with Gasteiger partial charge in [0.05, 0.1) is 5.39 Å². The van der Waals surface area contributed by atoms with Gasteiger partial charge < -0.3 is 8.83 Å². The second-order valence-electron chi connectivity index (χ2n) is 13.8. The van der Waals surface area contributed by atoms with Gasteiger partial charge in [0, 0.05) is 47.8 Å². The van der Waals surface area contributed by atoms with Crippen molar-refractivity contribution in [3.05, 3.63) is 158 Å². The summed E-state index contributed by atoms with van der Waals surface area (Å²) in [5, 5.41) is 8.60. The molecule has 0 amide bonds. The lowest BCUT2D eigenvalue weighted by atomic mass is 10.0. The molecule has 4 aromatic heterocycles. The fourth-order valence-electron chi connectivity index (χ4n) is 7.95. The van der Waals surface area contributed by atoms with E-state index in [1.165, 1.54) is 20.2 Å². The number of furan rings is 1. The molecule has 0 unspecified atom stereocenters. The van der Waals surface area contributed by atoms with E-state index < -0.39 is 0 Å². The Labute approximate surface area is 317 Å². The van der Waals surface area contributed by atoms with Crippen LogP contribution in [-0.2, 0) is 0 Å². The van der Waals surface area contributed by atoms with Crippen molar-refractivity contribution in [1.29, 1.82) is 0 Å². The van der Waals surface area contributed by atoms with Crippen molar-refractivity contribution in [2.75, 3.05) is 0 Å². The number of nitrogens with zero attached hydrogens (tertiary/aromatic N) is 4. The minimum Gasteiger partial charge on any atom is -0.456 e. The lowest BCUT2D eigenvalue weighted by Crippen LogP contribution is -2.01. The Kier molecular flexibility index (Phi) is 6.40. The van der Waals surface area contributed by atoms with Gasteiger partial charge in [-0.3, -0.25) is 0 Å². The van der Waals surface area contributed by atoms with Gasteiger partial charge in [0.2, 0.25) is 5.89 Å². The Morgan fingerprint density at radius 1 is 0.400 bits per heavy atom. The number of hydrogen-bond donors (Lipinski definition) is 0. The van der Waals surface area contributed by atoms with Crippen LogP contribution in [-0.4, -0.2) is 19.9 Å². The second kappa shape index (κ2) is 11.6. The summed E-state index contributed by atoms with van der Waals surface area (Å²) >= 11 is 1.79. The van der Waals surface area contributed by atoms with Gasteiger partial charge in [0.25, 0.3) is 0 Å². The lowest BCUT2D eigenvalue weighted by Gasteiger charge is -2.12. The van der Waals surface area contributed by atoms with Crippen LogP contribution in [0.5, 0.6) is 0 Å². The summed E-state index contributed by atoms with van der Waals surface area (Å²) in [6.07, 6.45) is 0.